The molecule has 1 rings (SSSR count). The van der Waals surface area contributed by atoms with Crippen molar-refractivity contribution in [3.63, 3.8) is 0 Å². The standard InChI is InChI=1S/C12H22N2O3/c1-9(11(15)16)13-12(17)14-10-7-5-3-2-4-6-8-10/h9-10H,2-8H2,1H3,(H,15,16)(H2,13,14,17)/p-1/t9-/m1/s1. The Kier molecular flexibility index (Phi) is 5.80. The molecule has 5 nitrogen and oxygen atoms in total. The Labute approximate surface area is 102 Å². The minimum Gasteiger partial charge on any atom is -0.548 e. The van der Waals surface area contributed by atoms with Gasteiger partial charge in [0.2, 0.25) is 0 Å². The van der Waals surface area contributed by atoms with Crippen molar-refractivity contribution in [2.24, 2.45) is 0 Å². The highest BCUT2D eigenvalue weighted by molar-refractivity contribution is 5.81. The van der Waals surface area contributed by atoms with E-state index >= 15 is 0 Å². The molecule has 17 heavy (non-hydrogen) atoms. The molecule has 5 heteroatoms. The van der Waals surface area contributed by atoms with Gasteiger partial charge < -0.3 is 20.5 Å². The lowest BCUT2D eigenvalue weighted by Gasteiger charge is -2.23. The quantitative estimate of drug-likeness (QED) is 0.756. The second-order valence-electron chi connectivity index (χ2n) is 4.70. The van der Waals surface area contributed by atoms with Gasteiger partial charge in [-0.15, -0.1) is 0 Å². The van der Waals surface area contributed by atoms with E-state index in [-0.39, 0.29) is 6.04 Å². The van der Waals surface area contributed by atoms with Gasteiger partial charge in [0.15, 0.2) is 0 Å². The minimum atomic E-state index is -1.27. The Morgan fingerprint density at radius 2 is 1.65 bits per heavy atom. The number of nitrogens with one attached hydrogen (secondary N) is 2. The third-order valence-corrected chi connectivity index (χ3v) is 3.14. The summed E-state index contributed by atoms with van der Waals surface area (Å²) in [5, 5.41) is 15.7. The second kappa shape index (κ2) is 7.14. The number of amides is 2. The SMILES string of the molecule is C[C@@H](NC(=O)NC1CCCCCCC1)C(=O)[O-]. The average Bonchev–Trinajstić information content (AvgIpc) is 2.21. The van der Waals surface area contributed by atoms with E-state index in [1.807, 2.05) is 0 Å². The summed E-state index contributed by atoms with van der Waals surface area (Å²) in [7, 11) is 0. The van der Waals surface area contributed by atoms with Gasteiger partial charge in [0.25, 0.3) is 0 Å². The van der Waals surface area contributed by atoms with Crippen LogP contribution in [0.25, 0.3) is 0 Å². The van der Waals surface area contributed by atoms with Gasteiger partial charge in [-0.3, -0.25) is 0 Å². The molecule has 1 aliphatic rings. The maximum absolute atomic E-state index is 11.5. The summed E-state index contributed by atoms with van der Waals surface area (Å²) >= 11 is 0. The lowest BCUT2D eigenvalue weighted by molar-refractivity contribution is -0.307. The van der Waals surface area contributed by atoms with E-state index in [9.17, 15) is 14.7 Å². The van der Waals surface area contributed by atoms with E-state index < -0.39 is 18.0 Å². The van der Waals surface area contributed by atoms with Crippen molar-refractivity contribution in [1.82, 2.24) is 10.6 Å². The van der Waals surface area contributed by atoms with Crippen molar-refractivity contribution in [1.29, 1.82) is 0 Å². The van der Waals surface area contributed by atoms with Crippen LogP contribution >= 0.6 is 0 Å². The van der Waals surface area contributed by atoms with E-state index in [1.54, 1.807) is 0 Å². The van der Waals surface area contributed by atoms with Crippen LogP contribution in [-0.4, -0.2) is 24.1 Å². The molecule has 0 bridgehead atoms. The highest BCUT2D eigenvalue weighted by atomic mass is 16.4. The monoisotopic (exact) mass is 241 g/mol. The van der Waals surface area contributed by atoms with E-state index in [4.69, 9.17) is 0 Å². The summed E-state index contributed by atoms with van der Waals surface area (Å²) in [5.41, 5.74) is 0. The van der Waals surface area contributed by atoms with Gasteiger partial charge >= 0.3 is 6.03 Å². The van der Waals surface area contributed by atoms with Crippen LogP contribution in [0.1, 0.15) is 51.9 Å². The molecule has 1 atom stereocenters. The number of hydrogen-bond donors (Lipinski definition) is 2. The number of carboxylic acid groups (broad SMARTS) is 1. The third-order valence-electron chi connectivity index (χ3n) is 3.14. The van der Waals surface area contributed by atoms with E-state index in [2.05, 4.69) is 10.6 Å². The van der Waals surface area contributed by atoms with Crippen LogP contribution in [0.15, 0.2) is 0 Å². The molecule has 0 radical (unpaired) electrons. The molecule has 1 aliphatic carbocycles. The Morgan fingerprint density at radius 1 is 1.12 bits per heavy atom. The molecule has 0 unspecified atom stereocenters. The molecule has 1 fully saturated rings. The largest absolute Gasteiger partial charge is 0.548 e. The van der Waals surface area contributed by atoms with Crippen LogP contribution in [0.2, 0.25) is 0 Å². The van der Waals surface area contributed by atoms with Crippen LogP contribution in [0.5, 0.6) is 0 Å². The topological polar surface area (TPSA) is 81.3 Å². The zero-order valence-electron chi connectivity index (χ0n) is 10.3. The molecule has 0 aromatic rings. The van der Waals surface area contributed by atoms with Gasteiger partial charge in [0.05, 0.1) is 12.0 Å². The van der Waals surface area contributed by atoms with Gasteiger partial charge in [-0.1, -0.05) is 32.1 Å². The summed E-state index contributed by atoms with van der Waals surface area (Å²) < 4.78 is 0. The second-order valence-corrected chi connectivity index (χ2v) is 4.70. The fraction of sp³-hybridized carbons (Fsp3) is 0.833. The molecule has 2 N–H and O–H groups in total. The first kappa shape index (κ1) is 13.8. The highest BCUT2D eigenvalue weighted by Gasteiger charge is 2.15. The van der Waals surface area contributed by atoms with E-state index in [0.29, 0.717) is 0 Å². The summed E-state index contributed by atoms with van der Waals surface area (Å²) in [6, 6.07) is -1.19. The normalized spacial score (nSPS) is 19.8. The summed E-state index contributed by atoms with van der Waals surface area (Å²) in [6.45, 7) is 1.40. The van der Waals surface area contributed by atoms with Crippen molar-refractivity contribution < 1.29 is 14.7 Å². The average molecular weight is 241 g/mol. The van der Waals surface area contributed by atoms with Crippen molar-refractivity contribution >= 4 is 12.0 Å². The summed E-state index contributed by atoms with van der Waals surface area (Å²) in [4.78, 5) is 22.0. The van der Waals surface area contributed by atoms with Gasteiger partial charge in [0, 0.05) is 6.04 Å². The van der Waals surface area contributed by atoms with Crippen LogP contribution in [0, 0.1) is 0 Å². The Morgan fingerprint density at radius 3 is 2.18 bits per heavy atom. The predicted molar refractivity (Wildman–Crippen MR) is 62.2 cm³/mol. The molecule has 0 aromatic carbocycles. The van der Waals surface area contributed by atoms with Crippen molar-refractivity contribution in [3.05, 3.63) is 0 Å². The third kappa shape index (κ3) is 5.56. The molecule has 0 aromatic heterocycles. The fourth-order valence-corrected chi connectivity index (χ4v) is 2.08. The van der Waals surface area contributed by atoms with Gasteiger partial charge in [-0.25, -0.2) is 4.79 Å². The van der Waals surface area contributed by atoms with E-state index in [1.165, 1.54) is 26.2 Å². The maximum atomic E-state index is 11.5. The minimum absolute atomic E-state index is 0.171. The molecule has 0 spiro atoms. The smallest absolute Gasteiger partial charge is 0.315 e. The first-order valence-corrected chi connectivity index (χ1v) is 6.37. The summed E-state index contributed by atoms with van der Waals surface area (Å²) in [5.74, 6) is -1.27. The molecule has 2 amide bonds. The molecule has 98 valence electrons. The molecule has 0 heterocycles. The number of hydrogen-bond acceptors (Lipinski definition) is 3. The van der Waals surface area contributed by atoms with Crippen molar-refractivity contribution in [2.45, 2.75) is 64.0 Å². The molecular weight excluding hydrogens is 220 g/mol. The van der Waals surface area contributed by atoms with Crippen molar-refractivity contribution in [2.75, 3.05) is 0 Å². The first-order chi connectivity index (χ1) is 8.09. The Bertz CT molecular complexity index is 260. The number of aliphatic carboxylic acids is 1. The highest BCUT2D eigenvalue weighted by Crippen LogP contribution is 2.16. The van der Waals surface area contributed by atoms with Gasteiger partial charge in [-0.2, -0.15) is 0 Å². The zero-order chi connectivity index (χ0) is 12.7. The number of carboxylic acids is 1. The first-order valence-electron chi connectivity index (χ1n) is 6.37. The lowest BCUT2D eigenvalue weighted by atomic mass is 9.97. The van der Waals surface area contributed by atoms with Crippen LogP contribution in [0.4, 0.5) is 4.79 Å². The van der Waals surface area contributed by atoms with Gasteiger partial charge in [0.1, 0.15) is 0 Å². The lowest BCUT2D eigenvalue weighted by Crippen LogP contribution is -2.51. The van der Waals surface area contributed by atoms with Gasteiger partial charge in [-0.05, 0) is 19.8 Å². The summed E-state index contributed by atoms with van der Waals surface area (Å²) in [6.07, 6.45) is 7.92. The van der Waals surface area contributed by atoms with Crippen molar-refractivity contribution in [3.8, 4) is 0 Å². The fourth-order valence-electron chi connectivity index (χ4n) is 2.08. The Balaban J connectivity index is 2.30. The van der Waals surface area contributed by atoms with Crippen LogP contribution in [0.3, 0.4) is 0 Å². The predicted octanol–water partition coefficient (Wildman–Crippen LogP) is 0.537. The zero-order valence-corrected chi connectivity index (χ0v) is 10.3. The number of rotatable bonds is 3. The van der Waals surface area contributed by atoms with E-state index in [0.717, 1.165) is 25.7 Å². The number of carbonyl (C=O) groups excluding carboxylic acids is 2. The number of carbonyl (C=O) groups is 2. The molecule has 1 saturated carbocycles. The molecular formula is C12H21N2O3-. The molecule has 0 aliphatic heterocycles. The molecule has 0 saturated heterocycles. The number of urea groups is 1. The van der Waals surface area contributed by atoms with Crippen LogP contribution in [-0.2, 0) is 4.79 Å². The Hall–Kier alpha value is -1.26. The maximum Gasteiger partial charge on any atom is 0.315 e. The van der Waals surface area contributed by atoms with Crippen LogP contribution < -0.4 is 15.7 Å².